The average molecular weight is 386 g/mol. The summed E-state index contributed by atoms with van der Waals surface area (Å²) in [6.07, 6.45) is 4.87. The van der Waals surface area contributed by atoms with Crippen LogP contribution in [0.5, 0.6) is 0 Å². The molecule has 0 fully saturated rings. The number of benzene rings is 2. The molecule has 0 aromatic heterocycles. The Kier molecular flexibility index (Phi) is 6.97. The highest BCUT2D eigenvalue weighted by molar-refractivity contribution is 6.30. The molecular formula is C24H32ClNO. The van der Waals surface area contributed by atoms with E-state index in [4.69, 9.17) is 11.6 Å². The summed E-state index contributed by atoms with van der Waals surface area (Å²) in [5.74, 6) is 0.0801. The van der Waals surface area contributed by atoms with E-state index in [0.717, 1.165) is 67.9 Å². The van der Waals surface area contributed by atoms with Crippen molar-refractivity contribution in [2.24, 2.45) is 0 Å². The molecule has 0 unspecified atom stereocenters. The topological polar surface area (TPSA) is 23.5 Å². The maximum absolute atomic E-state index is 12.1. The first kappa shape index (κ1) is 20.4. The van der Waals surface area contributed by atoms with Gasteiger partial charge in [-0.15, -0.1) is 0 Å². The summed E-state index contributed by atoms with van der Waals surface area (Å²) in [6.45, 7) is 7.55. The molecule has 2 aromatic carbocycles. The molecule has 27 heavy (non-hydrogen) atoms. The molecule has 2 nitrogen and oxygen atoms in total. The minimum absolute atomic E-state index is 0.0801. The molecule has 0 radical (unpaired) electrons. The molecule has 0 saturated heterocycles. The van der Waals surface area contributed by atoms with Gasteiger partial charge in [-0.3, -0.25) is 0 Å². The van der Waals surface area contributed by atoms with E-state index in [2.05, 4.69) is 49.1 Å². The second-order valence-corrected chi connectivity index (χ2v) is 8.15. The third-order valence-corrected chi connectivity index (χ3v) is 6.41. The fourth-order valence-corrected chi connectivity index (χ4v) is 4.87. The Hall–Kier alpha value is -1.35. The number of fused-ring (bicyclic) bond motifs is 1. The molecule has 0 saturated carbocycles. The molecule has 0 amide bonds. The van der Waals surface area contributed by atoms with Gasteiger partial charge in [0.2, 0.25) is 0 Å². The second-order valence-electron chi connectivity index (χ2n) is 7.71. The highest BCUT2D eigenvalue weighted by atomic mass is 35.5. The summed E-state index contributed by atoms with van der Waals surface area (Å²) < 4.78 is 0. The van der Waals surface area contributed by atoms with Crippen molar-refractivity contribution in [2.45, 2.75) is 57.5 Å². The van der Waals surface area contributed by atoms with E-state index in [1.807, 2.05) is 18.2 Å². The summed E-state index contributed by atoms with van der Waals surface area (Å²) in [7, 11) is 0. The van der Waals surface area contributed by atoms with Gasteiger partial charge < -0.3 is 10.0 Å². The molecule has 1 N–H and O–H groups in total. The van der Waals surface area contributed by atoms with Crippen LogP contribution in [-0.4, -0.2) is 29.6 Å². The van der Waals surface area contributed by atoms with Crippen LogP contribution in [0.3, 0.4) is 0 Å². The molecule has 1 aliphatic carbocycles. The number of aliphatic hydroxyl groups is 1. The number of rotatable bonds is 7. The Bertz CT molecular complexity index is 743. The summed E-state index contributed by atoms with van der Waals surface area (Å²) in [5, 5.41) is 12.9. The molecule has 1 aliphatic rings. The smallest absolute Gasteiger partial charge is 0.0967 e. The third kappa shape index (κ3) is 4.56. The molecular weight excluding hydrogens is 354 g/mol. The van der Waals surface area contributed by atoms with Gasteiger partial charge in [-0.1, -0.05) is 61.8 Å². The fourth-order valence-electron chi connectivity index (χ4n) is 4.67. The van der Waals surface area contributed by atoms with Crippen molar-refractivity contribution < 1.29 is 5.11 Å². The molecule has 3 rings (SSSR count). The lowest BCUT2D eigenvalue weighted by atomic mass is 9.73. The van der Waals surface area contributed by atoms with Gasteiger partial charge in [-0.05, 0) is 80.6 Å². The summed E-state index contributed by atoms with van der Waals surface area (Å²) in [4.78, 5) is 2.43. The van der Waals surface area contributed by atoms with Gasteiger partial charge in [-0.2, -0.15) is 0 Å². The number of aryl methyl sites for hydroxylation is 1. The van der Waals surface area contributed by atoms with Crippen LogP contribution in [0.2, 0.25) is 5.02 Å². The first-order valence-electron chi connectivity index (χ1n) is 10.4. The molecule has 0 heterocycles. The summed E-state index contributed by atoms with van der Waals surface area (Å²) in [5.41, 5.74) is 2.73. The fraction of sp³-hybridized carbons (Fsp3) is 0.500. The number of halogens is 1. The minimum atomic E-state index is -0.842. The molecule has 2 aromatic rings. The van der Waals surface area contributed by atoms with Crippen molar-refractivity contribution in [2.75, 3.05) is 19.6 Å². The van der Waals surface area contributed by atoms with Crippen molar-refractivity contribution in [3.05, 3.63) is 70.2 Å². The quantitative estimate of drug-likeness (QED) is 0.611. The van der Waals surface area contributed by atoms with Crippen LogP contribution in [0.25, 0.3) is 0 Å². The van der Waals surface area contributed by atoms with Crippen LogP contribution in [0.4, 0.5) is 0 Å². The highest BCUT2D eigenvalue weighted by Gasteiger charge is 2.41. The van der Waals surface area contributed by atoms with Crippen LogP contribution in [-0.2, 0) is 12.0 Å². The molecule has 0 spiro atoms. The van der Waals surface area contributed by atoms with Gasteiger partial charge in [0.25, 0.3) is 0 Å². The molecule has 146 valence electrons. The lowest BCUT2D eigenvalue weighted by Gasteiger charge is -2.37. The van der Waals surface area contributed by atoms with Gasteiger partial charge >= 0.3 is 0 Å². The zero-order chi connectivity index (χ0) is 19.3. The van der Waals surface area contributed by atoms with E-state index in [0.29, 0.717) is 0 Å². The van der Waals surface area contributed by atoms with E-state index in [-0.39, 0.29) is 5.92 Å². The second kappa shape index (κ2) is 9.23. The lowest BCUT2D eigenvalue weighted by molar-refractivity contribution is -0.00670. The van der Waals surface area contributed by atoms with E-state index >= 15 is 0 Å². The van der Waals surface area contributed by atoms with E-state index in [1.165, 1.54) is 5.56 Å². The Labute approximate surface area is 169 Å². The molecule has 0 bridgehead atoms. The minimum Gasteiger partial charge on any atom is -0.385 e. The van der Waals surface area contributed by atoms with Crippen LogP contribution in [0.15, 0.2) is 48.5 Å². The monoisotopic (exact) mass is 385 g/mol. The van der Waals surface area contributed by atoms with Crippen LogP contribution >= 0.6 is 11.6 Å². The van der Waals surface area contributed by atoms with Crippen LogP contribution < -0.4 is 0 Å². The predicted octanol–water partition coefficient (Wildman–Crippen LogP) is 5.77. The van der Waals surface area contributed by atoms with Gasteiger partial charge in [0, 0.05) is 10.9 Å². The SMILES string of the molecule is CCN(CC)CCC[C@@]1(O)c2ccccc2CCC[C@@H]1c1cccc(Cl)c1. The van der Waals surface area contributed by atoms with E-state index < -0.39 is 5.60 Å². The average Bonchev–Trinajstić information content (AvgIpc) is 2.82. The Morgan fingerprint density at radius 1 is 1.11 bits per heavy atom. The number of hydrogen-bond acceptors (Lipinski definition) is 2. The Morgan fingerprint density at radius 3 is 2.63 bits per heavy atom. The number of nitrogens with zero attached hydrogens (tertiary/aromatic N) is 1. The molecule has 3 heteroatoms. The Balaban J connectivity index is 1.95. The van der Waals surface area contributed by atoms with Crippen molar-refractivity contribution >= 4 is 11.6 Å². The standard InChI is InChI=1S/C24H32ClNO/c1-3-26(4-2)17-9-16-24(27)22-14-6-5-10-19(22)11-8-15-23(24)20-12-7-13-21(25)18-20/h5-7,10,12-14,18,23,27H,3-4,8-9,11,15-17H2,1-2H3/t23-,24-/m1/s1. The van der Waals surface area contributed by atoms with Crippen molar-refractivity contribution in [1.82, 2.24) is 4.90 Å². The predicted molar refractivity (Wildman–Crippen MR) is 114 cm³/mol. The van der Waals surface area contributed by atoms with Gasteiger partial charge in [-0.25, -0.2) is 0 Å². The lowest BCUT2D eigenvalue weighted by Crippen LogP contribution is -2.35. The van der Waals surface area contributed by atoms with E-state index in [1.54, 1.807) is 0 Å². The van der Waals surface area contributed by atoms with E-state index in [9.17, 15) is 5.11 Å². The zero-order valence-corrected chi connectivity index (χ0v) is 17.4. The largest absolute Gasteiger partial charge is 0.385 e. The van der Waals surface area contributed by atoms with Crippen molar-refractivity contribution in [3.63, 3.8) is 0 Å². The normalized spacial score (nSPS) is 22.5. The first-order chi connectivity index (χ1) is 13.1. The van der Waals surface area contributed by atoms with Crippen molar-refractivity contribution in [3.8, 4) is 0 Å². The summed E-state index contributed by atoms with van der Waals surface area (Å²) in [6, 6.07) is 16.6. The van der Waals surface area contributed by atoms with Crippen molar-refractivity contribution in [1.29, 1.82) is 0 Å². The Morgan fingerprint density at radius 2 is 1.89 bits per heavy atom. The van der Waals surface area contributed by atoms with Crippen LogP contribution in [0, 0.1) is 0 Å². The highest BCUT2D eigenvalue weighted by Crippen LogP contribution is 2.47. The third-order valence-electron chi connectivity index (χ3n) is 6.18. The van der Waals surface area contributed by atoms with Crippen LogP contribution in [0.1, 0.15) is 62.1 Å². The summed E-state index contributed by atoms with van der Waals surface area (Å²) >= 11 is 6.29. The molecule has 0 aliphatic heterocycles. The maximum atomic E-state index is 12.1. The zero-order valence-electron chi connectivity index (χ0n) is 16.6. The first-order valence-corrected chi connectivity index (χ1v) is 10.7. The van der Waals surface area contributed by atoms with Gasteiger partial charge in [0.1, 0.15) is 0 Å². The molecule has 2 atom stereocenters. The van der Waals surface area contributed by atoms with Gasteiger partial charge in [0.05, 0.1) is 5.60 Å². The number of hydrogen-bond donors (Lipinski definition) is 1. The maximum Gasteiger partial charge on any atom is 0.0967 e. The van der Waals surface area contributed by atoms with Gasteiger partial charge in [0.15, 0.2) is 0 Å².